The molecule has 7 heteroatoms. The van der Waals surface area contributed by atoms with E-state index in [1.54, 1.807) is 18.3 Å². The van der Waals surface area contributed by atoms with Crippen LogP contribution in [0.1, 0.15) is 38.1 Å². The summed E-state index contributed by atoms with van der Waals surface area (Å²) in [4.78, 5) is 4.62. The Kier molecular flexibility index (Phi) is 8.52. The lowest BCUT2D eigenvalue weighted by molar-refractivity contribution is 0.445. The van der Waals surface area contributed by atoms with Gasteiger partial charge in [0.2, 0.25) is 10.0 Å². The molecule has 0 aliphatic heterocycles. The molecule has 0 saturated carbocycles. The zero-order valence-electron chi connectivity index (χ0n) is 14.8. The normalized spacial score (nSPS) is 12.6. The van der Waals surface area contributed by atoms with Crippen LogP contribution in [0.3, 0.4) is 0 Å². The van der Waals surface area contributed by atoms with Crippen molar-refractivity contribution in [3.05, 3.63) is 59.9 Å². The predicted octanol–water partition coefficient (Wildman–Crippen LogP) is 3.38. The van der Waals surface area contributed by atoms with Crippen molar-refractivity contribution in [3.8, 4) is 0 Å². The van der Waals surface area contributed by atoms with Crippen molar-refractivity contribution in [1.82, 2.24) is 14.6 Å². The van der Waals surface area contributed by atoms with Crippen molar-refractivity contribution >= 4 is 22.4 Å². The van der Waals surface area contributed by atoms with Gasteiger partial charge >= 0.3 is 0 Å². The summed E-state index contributed by atoms with van der Waals surface area (Å²) in [5, 5.41) is 3.40. The SMILES string of the molecule is CCN(CC)S(=O)(=O)c1ccc(C(C)NCc2ccccn2)cc1.Cl. The summed E-state index contributed by atoms with van der Waals surface area (Å²) >= 11 is 0. The van der Waals surface area contributed by atoms with Crippen molar-refractivity contribution in [3.63, 3.8) is 0 Å². The van der Waals surface area contributed by atoms with Crippen molar-refractivity contribution in [2.75, 3.05) is 13.1 Å². The molecule has 0 fully saturated rings. The van der Waals surface area contributed by atoms with E-state index < -0.39 is 10.0 Å². The van der Waals surface area contributed by atoms with E-state index in [-0.39, 0.29) is 18.4 Å². The van der Waals surface area contributed by atoms with E-state index in [1.165, 1.54) is 4.31 Å². The average Bonchev–Trinajstić information content (AvgIpc) is 2.61. The summed E-state index contributed by atoms with van der Waals surface area (Å²) in [5.41, 5.74) is 2.02. The summed E-state index contributed by atoms with van der Waals surface area (Å²) in [6, 6.07) is 13.0. The minimum atomic E-state index is -3.40. The molecule has 0 spiro atoms. The highest BCUT2D eigenvalue weighted by molar-refractivity contribution is 7.89. The highest BCUT2D eigenvalue weighted by Gasteiger charge is 2.21. The summed E-state index contributed by atoms with van der Waals surface area (Å²) in [6.07, 6.45) is 1.77. The zero-order chi connectivity index (χ0) is 17.6. The Morgan fingerprint density at radius 2 is 1.72 bits per heavy atom. The summed E-state index contributed by atoms with van der Waals surface area (Å²) in [7, 11) is -3.40. The average molecular weight is 384 g/mol. The fraction of sp³-hybridized carbons (Fsp3) is 0.389. The first kappa shape index (κ1) is 21.6. The summed E-state index contributed by atoms with van der Waals surface area (Å²) in [5.74, 6) is 0. The van der Waals surface area contributed by atoms with E-state index in [9.17, 15) is 8.42 Å². The van der Waals surface area contributed by atoms with Crippen LogP contribution in [0.25, 0.3) is 0 Å². The Balaban J connectivity index is 0.00000312. The highest BCUT2D eigenvalue weighted by atomic mass is 35.5. The Hall–Kier alpha value is -1.47. The quantitative estimate of drug-likeness (QED) is 0.759. The van der Waals surface area contributed by atoms with Gasteiger partial charge in [0.1, 0.15) is 0 Å². The third-order valence-corrected chi connectivity index (χ3v) is 6.10. The molecule has 25 heavy (non-hydrogen) atoms. The fourth-order valence-corrected chi connectivity index (χ4v) is 3.98. The molecule has 0 radical (unpaired) electrons. The first-order valence-electron chi connectivity index (χ1n) is 8.22. The number of pyridine rings is 1. The van der Waals surface area contributed by atoms with Gasteiger partial charge in [0.15, 0.2) is 0 Å². The molecular formula is C18H26ClN3O2S. The molecule has 2 aromatic rings. The van der Waals surface area contributed by atoms with Gasteiger partial charge in [0, 0.05) is 31.9 Å². The lowest BCUT2D eigenvalue weighted by Crippen LogP contribution is -2.30. The number of sulfonamides is 1. The molecule has 138 valence electrons. The molecule has 1 N–H and O–H groups in total. The van der Waals surface area contributed by atoms with Crippen LogP contribution in [0.15, 0.2) is 53.6 Å². The lowest BCUT2D eigenvalue weighted by Gasteiger charge is -2.19. The van der Waals surface area contributed by atoms with Crippen molar-refractivity contribution in [2.45, 2.75) is 38.3 Å². The zero-order valence-corrected chi connectivity index (χ0v) is 16.5. The maximum absolute atomic E-state index is 12.5. The van der Waals surface area contributed by atoms with Crippen molar-refractivity contribution in [2.24, 2.45) is 0 Å². The van der Waals surface area contributed by atoms with E-state index in [0.29, 0.717) is 24.5 Å². The van der Waals surface area contributed by atoms with Crippen LogP contribution in [-0.2, 0) is 16.6 Å². The number of benzene rings is 1. The smallest absolute Gasteiger partial charge is 0.243 e. The van der Waals surface area contributed by atoms with Crippen LogP contribution in [0.5, 0.6) is 0 Å². The van der Waals surface area contributed by atoms with Crippen LogP contribution in [0, 0.1) is 0 Å². The van der Waals surface area contributed by atoms with Gasteiger partial charge in [-0.3, -0.25) is 4.98 Å². The largest absolute Gasteiger partial charge is 0.305 e. The molecule has 0 bridgehead atoms. The molecular weight excluding hydrogens is 358 g/mol. The van der Waals surface area contributed by atoms with E-state index in [0.717, 1.165) is 11.3 Å². The van der Waals surface area contributed by atoms with Crippen LogP contribution < -0.4 is 5.32 Å². The van der Waals surface area contributed by atoms with Gasteiger partial charge in [-0.1, -0.05) is 32.0 Å². The second kappa shape index (κ2) is 9.87. The van der Waals surface area contributed by atoms with Gasteiger partial charge in [0.25, 0.3) is 0 Å². The van der Waals surface area contributed by atoms with Crippen LogP contribution in [0.2, 0.25) is 0 Å². The molecule has 1 unspecified atom stereocenters. The van der Waals surface area contributed by atoms with E-state index in [1.807, 2.05) is 44.2 Å². The first-order valence-corrected chi connectivity index (χ1v) is 9.66. The summed E-state index contributed by atoms with van der Waals surface area (Å²) in [6.45, 7) is 7.36. The Morgan fingerprint density at radius 1 is 1.08 bits per heavy atom. The molecule has 1 heterocycles. The van der Waals surface area contributed by atoms with Crippen molar-refractivity contribution in [1.29, 1.82) is 0 Å². The van der Waals surface area contributed by atoms with E-state index >= 15 is 0 Å². The Labute approximate surface area is 156 Å². The van der Waals surface area contributed by atoms with E-state index in [2.05, 4.69) is 17.2 Å². The second-order valence-electron chi connectivity index (χ2n) is 5.58. The number of nitrogens with zero attached hydrogens (tertiary/aromatic N) is 2. The molecule has 0 amide bonds. The Morgan fingerprint density at radius 3 is 2.24 bits per heavy atom. The number of aromatic nitrogens is 1. The van der Waals surface area contributed by atoms with Gasteiger partial charge in [-0.15, -0.1) is 12.4 Å². The van der Waals surface area contributed by atoms with Gasteiger partial charge < -0.3 is 5.32 Å². The standard InChI is InChI=1S/C18H25N3O2S.ClH/c1-4-21(5-2)24(22,23)18-11-9-16(10-12-18)15(3)20-14-17-8-6-7-13-19-17;/h6-13,15,20H,4-5,14H2,1-3H3;1H. The number of hydrogen-bond donors (Lipinski definition) is 1. The number of rotatable bonds is 8. The Bertz CT molecular complexity index is 733. The third-order valence-electron chi connectivity index (χ3n) is 4.04. The maximum Gasteiger partial charge on any atom is 0.243 e. The van der Waals surface area contributed by atoms with E-state index in [4.69, 9.17) is 0 Å². The number of halogens is 1. The molecule has 1 aromatic carbocycles. The first-order chi connectivity index (χ1) is 11.5. The third kappa shape index (κ3) is 5.51. The number of nitrogens with one attached hydrogen (secondary N) is 1. The van der Waals surface area contributed by atoms with Crippen LogP contribution in [0.4, 0.5) is 0 Å². The van der Waals surface area contributed by atoms with Crippen LogP contribution >= 0.6 is 12.4 Å². The topological polar surface area (TPSA) is 62.3 Å². The molecule has 1 atom stereocenters. The highest BCUT2D eigenvalue weighted by Crippen LogP contribution is 2.19. The van der Waals surface area contributed by atoms with Crippen LogP contribution in [-0.4, -0.2) is 30.8 Å². The predicted molar refractivity (Wildman–Crippen MR) is 103 cm³/mol. The molecule has 2 rings (SSSR count). The van der Waals surface area contributed by atoms with Gasteiger partial charge in [-0.25, -0.2) is 8.42 Å². The fourth-order valence-electron chi connectivity index (χ4n) is 2.52. The lowest BCUT2D eigenvalue weighted by atomic mass is 10.1. The molecule has 0 saturated heterocycles. The minimum Gasteiger partial charge on any atom is -0.305 e. The van der Waals surface area contributed by atoms with Gasteiger partial charge in [0.05, 0.1) is 10.6 Å². The maximum atomic E-state index is 12.5. The second-order valence-corrected chi connectivity index (χ2v) is 7.52. The molecule has 0 aliphatic rings. The van der Waals surface area contributed by atoms with Gasteiger partial charge in [-0.05, 0) is 36.8 Å². The number of hydrogen-bond acceptors (Lipinski definition) is 4. The van der Waals surface area contributed by atoms with Gasteiger partial charge in [-0.2, -0.15) is 4.31 Å². The molecule has 5 nitrogen and oxygen atoms in total. The molecule has 0 aliphatic carbocycles. The monoisotopic (exact) mass is 383 g/mol. The van der Waals surface area contributed by atoms with Crippen molar-refractivity contribution < 1.29 is 8.42 Å². The minimum absolute atomic E-state index is 0. The summed E-state index contributed by atoms with van der Waals surface area (Å²) < 4.78 is 26.4. The molecule has 1 aromatic heterocycles.